The van der Waals surface area contributed by atoms with Crippen molar-refractivity contribution in [1.82, 2.24) is 0 Å². The van der Waals surface area contributed by atoms with Crippen LogP contribution in [0.2, 0.25) is 0 Å². The molecular formula is C8H6I2O3. The number of hydrogen-bond donors (Lipinski definition) is 0. The molecule has 1 aromatic rings. The number of halogens is 2. The molecule has 0 aromatic heterocycles. The van der Waals surface area contributed by atoms with Gasteiger partial charge in [-0.05, 0) is 12.1 Å². The summed E-state index contributed by atoms with van der Waals surface area (Å²) in [4.78, 5) is 11.3. The van der Waals surface area contributed by atoms with E-state index in [1.807, 2.05) is 0 Å². The number of alkyl halides is 1. The lowest BCUT2D eigenvalue weighted by Gasteiger charge is -1.99. The largest absolute Gasteiger partial charge is 0.428 e. The first-order valence-electron chi connectivity index (χ1n) is 3.41. The molecule has 0 heterocycles. The van der Waals surface area contributed by atoms with Crippen molar-refractivity contribution in [3.8, 4) is 5.75 Å². The van der Waals surface area contributed by atoms with Crippen molar-refractivity contribution in [2.75, 3.05) is 4.43 Å². The van der Waals surface area contributed by atoms with Gasteiger partial charge in [-0.3, -0.25) is 7.86 Å². The van der Waals surface area contributed by atoms with Crippen LogP contribution in [-0.4, -0.2) is 10.2 Å². The highest BCUT2D eigenvalue weighted by Gasteiger charge is 2.05. The third kappa shape index (κ3) is 3.29. The summed E-state index contributed by atoms with van der Waals surface area (Å²) in [6.45, 7) is 0. The first-order chi connectivity index (χ1) is 6.27. The Hall–Kier alpha value is -0.0500. The van der Waals surface area contributed by atoms with E-state index in [1.54, 1.807) is 47.3 Å². The Morgan fingerprint density at radius 1 is 1.54 bits per heavy atom. The molecule has 0 saturated heterocycles. The van der Waals surface area contributed by atoms with E-state index in [4.69, 9.17) is 3.07 Å². The van der Waals surface area contributed by atoms with Crippen LogP contribution in [-0.2, 0) is 3.07 Å². The molecule has 5 heteroatoms. The highest BCUT2D eigenvalue weighted by atomic mass is 127. The van der Waals surface area contributed by atoms with Gasteiger partial charge < -0.3 is 3.07 Å². The van der Waals surface area contributed by atoms with Crippen LogP contribution in [0.5, 0.6) is 5.75 Å². The normalized spacial score (nSPS) is 9.62. The van der Waals surface area contributed by atoms with Crippen LogP contribution < -0.4 is 3.07 Å². The Morgan fingerprint density at radius 3 is 2.92 bits per heavy atom. The van der Waals surface area contributed by atoms with Gasteiger partial charge in [0.25, 0.3) is 0 Å². The van der Waals surface area contributed by atoms with Crippen molar-refractivity contribution in [2.45, 2.75) is 0 Å². The SMILES string of the molecule is O=ICC(=O)c1cccc(OI)c1. The maximum atomic E-state index is 11.3. The molecule has 0 amide bonds. The lowest BCUT2D eigenvalue weighted by molar-refractivity contribution is 0.102. The van der Waals surface area contributed by atoms with Crippen LogP contribution in [0.25, 0.3) is 0 Å². The summed E-state index contributed by atoms with van der Waals surface area (Å²) >= 11 is 0.533. The van der Waals surface area contributed by atoms with Gasteiger partial charge in [-0.1, -0.05) is 12.1 Å². The molecule has 0 unspecified atom stereocenters. The molecular weight excluding hydrogens is 398 g/mol. The molecule has 1 aromatic carbocycles. The number of rotatable bonds is 4. The molecule has 0 saturated carbocycles. The van der Waals surface area contributed by atoms with Gasteiger partial charge in [0, 0.05) is 5.56 Å². The van der Waals surface area contributed by atoms with Gasteiger partial charge in [0.2, 0.25) is 0 Å². The van der Waals surface area contributed by atoms with Gasteiger partial charge in [0.05, 0.1) is 4.43 Å². The predicted molar refractivity (Wildman–Crippen MR) is 65.0 cm³/mol. The van der Waals surface area contributed by atoms with Crippen LogP contribution in [0, 0.1) is 0 Å². The minimum absolute atomic E-state index is 0.0851. The van der Waals surface area contributed by atoms with Crippen molar-refractivity contribution in [1.29, 1.82) is 0 Å². The third-order valence-electron chi connectivity index (χ3n) is 1.42. The predicted octanol–water partition coefficient (Wildman–Crippen LogP) is 2.91. The van der Waals surface area contributed by atoms with Crippen LogP contribution >= 0.6 is 44.2 Å². The average molecular weight is 404 g/mol. The molecule has 0 aliphatic rings. The summed E-state index contributed by atoms with van der Waals surface area (Å²) in [6.07, 6.45) is 0. The fraction of sp³-hybridized carbons (Fsp3) is 0.125. The van der Waals surface area contributed by atoms with Crippen molar-refractivity contribution in [3.63, 3.8) is 0 Å². The summed E-state index contributed by atoms with van der Waals surface area (Å²) in [5, 5.41) is 0. The molecule has 0 bridgehead atoms. The molecule has 0 atom stereocenters. The molecule has 3 nitrogen and oxygen atoms in total. The standard InChI is InChI=1S/C8H6I2O3/c9-13-7-3-1-2-6(4-7)8(11)5-10-12/h1-4H,5H2. The quantitative estimate of drug-likeness (QED) is 0.441. The van der Waals surface area contributed by atoms with E-state index < -0.39 is 21.2 Å². The second kappa shape index (κ2) is 5.63. The van der Waals surface area contributed by atoms with E-state index in [0.717, 1.165) is 0 Å². The van der Waals surface area contributed by atoms with Crippen LogP contribution in [0.1, 0.15) is 10.4 Å². The molecule has 13 heavy (non-hydrogen) atoms. The number of carbonyl (C=O) groups excluding carboxylic acids is 1. The van der Waals surface area contributed by atoms with Crippen molar-refractivity contribution >= 4 is 50.0 Å². The van der Waals surface area contributed by atoms with Crippen LogP contribution in [0.3, 0.4) is 0 Å². The molecule has 0 aliphatic heterocycles. The molecule has 1 rings (SSSR count). The minimum atomic E-state index is -1.22. The topological polar surface area (TPSA) is 43.4 Å². The van der Waals surface area contributed by atoms with Gasteiger partial charge in [0.15, 0.2) is 50.0 Å². The van der Waals surface area contributed by atoms with E-state index in [2.05, 4.69) is 0 Å². The Kier molecular flexibility index (Phi) is 4.78. The Morgan fingerprint density at radius 2 is 2.31 bits per heavy atom. The van der Waals surface area contributed by atoms with Crippen molar-refractivity contribution in [2.24, 2.45) is 0 Å². The van der Waals surface area contributed by atoms with Gasteiger partial charge >= 0.3 is 0 Å². The zero-order chi connectivity index (χ0) is 9.68. The maximum absolute atomic E-state index is 11.3. The minimum Gasteiger partial charge on any atom is -0.428 e. The van der Waals surface area contributed by atoms with Crippen LogP contribution in [0.4, 0.5) is 0 Å². The van der Waals surface area contributed by atoms with E-state index in [-0.39, 0.29) is 10.2 Å². The molecule has 0 spiro atoms. The fourth-order valence-electron chi connectivity index (χ4n) is 0.844. The summed E-state index contributed by atoms with van der Waals surface area (Å²) in [6, 6.07) is 6.84. The Bertz CT molecular complexity index is 325. The number of carbonyl (C=O) groups is 1. The highest BCUT2D eigenvalue weighted by Crippen LogP contribution is 2.16. The van der Waals surface area contributed by atoms with E-state index >= 15 is 0 Å². The molecule has 0 aliphatic carbocycles. The van der Waals surface area contributed by atoms with Gasteiger partial charge in [-0.15, -0.1) is 0 Å². The number of Topliss-reactive ketones (excluding diaryl/α,β-unsaturated/α-hetero) is 1. The van der Waals surface area contributed by atoms with E-state index in [9.17, 15) is 7.86 Å². The molecule has 0 radical (unpaired) electrons. The summed E-state index contributed by atoms with van der Waals surface area (Å²) in [7, 11) is 0. The lowest BCUT2D eigenvalue weighted by Crippen LogP contribution is -1.99. The van der Waals surface area contributed by atoms with Crippen LogP contribution in [0.15, 0.2) is 24.3 Å². The van der Waals surface area contributed by atoms with Crippen molar-refractivity contribution in [3.05, 3.63) is 29.8 Å². The Balaban J connectivity index is 2.87. The Labute approximate surface area is 100 Å². The fourth-order valence-corrected chi connectivity index (χ4v) is 1.84. The second-order valence-electron chi connectivity index (χ2n) is 2.27. The van der Waals surface area contributed by atoms with Crippen molar-refractivity contribution < 1.29 is 10.9 Å². The summed E-state index contributed by atoms with van der Waals surface area (Å²) in [5.41, 5.74) is 0.560. The first kappa shape index (κ1) is 11.0. The summed E-state index contributed by atoms with van der Waals surface area (Å²) in [5.74, 6) is 0.550. The monoisotopic (exact) mass is 404 g/mol. The number of benzene rings is 1. The molecule has 0 fully saturated rings. The summed E-state index contributed by atoms with van der Waals surface area (Å²) < 4.78 is 15.4. The molecule has 70 valence electrons. The van der Waals surface area contributed by atoms with E-state index in [1.165, 1.54) is 0 Å². The van der Waals surface area contributed by atoms with E-state index in [0.29, 0.717) is 11.3 Å². The third-order valence-corrected chi connectivity index (χ3v) is 2.93. The number of ketones is 1. The highest BCUT2D eigenvalue weighted by molar-refractivity contribution is 14.1. The van der Waals surface area contributed by atoms with Gasteiger partial charge in [-0.25, -0.2) is 0 Å². The zero-order valence-corrected chi connectivity index (χ0v) is 10.8. The van der Waals surface area contributed by atoms with Gasteiger partial charge in [0.1, 0.15) is 5.75 Å². The maximum Gasteiger partial charge on any atom is 0.192 e. The lowest BCUT2D eigenvalue weighted by atomic mass is 10.1. The average Bonchev–Trinajstić information content (AvgIpc) is 2.18. The molecule has 0 N–H and O–H groups in total. The first-order valence-corrected chi connectivity index (χ1v) is 6.70. The van der Waals surface area contributed by atoms with Gasteiger partial charge in [-0.2, -0.15) is 0 Å². The smallest absolute Gasteiger partial charge is 0.192 e. The number of hydrogen-bond acceptors (Lipinski definition) is 3. The zero-order valence-electron chi connectivity index (χ0n) is 6.50. The second-order valence-corrected chi connectivity index (χ2v) is 4.10.